The predicted molar refractivity (Wildman–Crippen MR) is 165 cm³/mol. The Morgan fingerprint density at radius 1 is 0.978 bits per heavy atom. The van der Waals surface area contributed by atoms with Crippen molar-refractivity contribution < 1.29 is 34.3 Å². The first-order chi connectivity index (χ1) is 21.5. The van der Waals surface area contributed by atoms with E-state index in [2.05, 4.69) is 16.0 Å². The van der Waals surface area contributed by atoms with E-state index >= 15 is 0 Å². The lowest BCUT2D eigenvalue weighted by Crippen LogP contribution is -2.51. The number of amides is 2. The van der Waals surface area contributed by atoms with Crippen LogP contribution in [-0.4, -0.2) is 56.4 Å². The Morgan fingerprint density at radius 3 is 2.27 bits per heavy atom. The molecule has 4 rings (SSSR count). The molecule has 0 aromatic heterocycles. The number of benzene rings is 3. The minimum Gasteiger partial charge on any atom is -0.481 e. The first kappa shape index (κ1) is 32.2. The molecule has 1 aliphatic rings. The van der Waals surface area contributed by atoms with Crippen LogP contribution in [0.25, 0.3) is 0 Å². The summed E-state index contributed by atoms with van der Waals surface area (Å²) in [5.41, 5.74) is 3.80. The molecule has 45 heavy (non-hydrogen) atoms. The van der Waals surface area contributed by atoms with Crippen molar-refractivity contribution in [1.82, 2.24) is 10.2 Å². The lowest BCUT2D eigenvalue weighted by Gasteiger charge is -2.36. The van der Waals surface area contributed by atoms with Crippen LogP contribution in [0.4, 0.5) is 11.4 Å². The summed E-state index contributed by atoms with van der Waals surface area (Å²) in [5, 5.41) is 38.6. The van der Waals surface area contributed by atoms with Crippen molar-refractivity contribution in [2.45, 2.75) is 44.7 Å². The number of nitrogens with zero attached hydrogens (tertiary/aromatic N) is 2. The third-order valence-corrected chi connectivity index (χ3v) is 7.30. The number of carbonyl (C=O) groups is 4. The molecule has 234 valence electrons. The van der Waals surface area contributed by atoms with Crippen LogP contribution in [0.15, 0.2) is 84.8 Å². The Bertz CT molecular complexity index is 1610. The summed E-state index contributed by atoms with van der Waals surface area (Å²) >= 11 is 0. The number of aryl methyl sites for hydroxylation is 1. The number of nitrogens with one attached hydrogen (secondary N) is 3. The van der Waals surface area contributed by atoms with Gasteiger partial charge in [-0.1, -0.05) is 48.5 Å². The Balaban J connectivity index is 1.53. The fourth-order valence-electron chi connectivity index (χ4n) is 5.14. The van der Waals surface area contributed by atoms with E-state index < -0.39 is 34.9 Å². The number of aliphatic carboxylic acids is 2. The molecule has 3 aromatic carbocycles. The maximum atomic E-state index is 13.6. The number of carbonyl (C=O) groups excluding carboxylic acids is 2. The first-order valence-corrected chi connectivity index (χ1v) is 14.2. The second kappa shape index (κ2) is 14.6. The molecule has 1 aliphatic heterocycles. The molecule has 0 aliphatic carbocycles. The summed E-state index contributed by atoms with van der Waals surface area (Å²) in [7, 11) is 0. The summed E-state index contributed by atoms with van der Waals surface area (Å²) in [5.74, 6) is -3.06. The summed E-state index contributed by atoms with van der Waals surface area (Å²) in [4.78, 5) is 61.2. The Hall–Kier alpha value is -5.72. The van der Waals surface area contributed by atoms with E-state index in [1.165, 1.54) is 11.8 Å². The summed E-state index contributed by atoms with van der Waals surface area (Å²) < 4.78 is 0. The van der Waals surface area contributed by atoms with Crippen LogP contribution in [0.1, 0.15) is 41.6 Å². The van der Waals surface area contributed by atoms with Crippen LogP contribution in [-0.2, 0) is 38.4 Å². The molecule has 0 fully saturated rings. The highest BCUT2D eigenvalue weighted by atomic mass is 16.6. The van der Waals surface area contributed by atoms with E-state index in [0.717, 1.165) is 17.3 Å². The Kier molecular flexibility index (Phi) is 10.5. The third-order valence-electron chi connectivity index (χ3n) is 7.30. The number of hydrogen-bond donors (Lipinski definition) is 5. The van der Waals surface area contributed by atoms with Crippen LogP contribution in [0.5, 0.6) is 0 Å². The van der Waals surface area contributed by atoms with Crippen molar-refractivity contribution in [2.75, 3.05) is 17.2 Å². The minimum atomic E-state index is -1.29. The number of hydrogen-bond acceptors (Lipinski definition) is 8. The standard InChI is InChI=1S/C32H33N5O8/c1-20(38)36-16-15-23-18-25(34-28(19-37(44)45)33-24-5-3-2-4-6-24)12-13-26(23)30(36)31(41)35-27(32(42)43)17-22-9-7-21(8-10-22)11-14-29(39)40/h2-10,12-13,18-19,27,30,33-34H,11,14-17H2,1H3,(H,35,41)(H,39,40)(H,42,43). The molecule has 0 saturated carbocycles. The smallest absolute Gasteiger partial charge is 0.326 e. The Morgan fingerprint density at radius 2 is 1.64 bits per heavy atom. The number of carboxylic acids is 2. The fourth-order valence-corrected chi connectivity index (χ4v) is 5.14. The number of fused-ring (bicyclic) bond motifs is 1. The van der Waals surface area contributed by atoms with Crippen molar-refractivity contribution in [2.24, 2.45) is 0 Å². The highest BCUT2D eigenvalue weighted by Crippen LogP contribution is 2.32. The van der Waals surface area contributed by atoms with Gasteiger partial charge in [-0.3, -0.25) is 24.5 Å². The molecule has 13 heteroatoms. The van der Waals surface area contributed by atoms with Gasteiger partial charge in [0.15, 0.2) is 5.82 Å². The molecule has 0 radical (unpaired) electrons. The molecular formula is C32H33N5O8. The van der Waals surface area contributed by atoms with E-state index in [9.17, 15) is 34.4 Å². The van der Waals surface area contributed by atoms with E-state index in [1.807, 2.05) is 6.07 Å². The lowest BCUT2D eigenvalue weighted by molar-refractivity contribution is -0.403. The van der Waals surface area contributed by atoms with Gasteiger partial charge in [-0.15, -0.1) is 0 Å². The molecule has 0 saturated heterocycles. The molecule has 0 spiro atoms. The summed E-state index contributed by atoms with van der Waals surface area (Å²) in [6.45, 7) is 1.55. The van der Waals surface area contributed by atoms with Crippen molar-refractivity contribution in [1.29, 1.82) is 0 Å². The van der Waals surface area contributed by atoms with Gasteiger partial charge in [-0.2, -0.15) is 0 Å². The largest absolute Gasteiger partial charge is 0.481 e. The minimum absolute atomic E-state index is 0.0250. The van der Waals surface area contributed by atoms with Crippen molar-refractivity contribution >= 4 is 35.1 Å². The second-order valence-corrected chi connectivity index (χ2v) is 10.5. The normalized spacial score (nSPS) is 14.9. The van der Waals surface area contributed by atoms with Gasteiger partial charge in [0.2, 0.25) is 11.8 Å². The topological polar surface area (TPSA) is 191 Å². The molecule has 5 N–H and O–H groups in total. The van der Waals surface area contributed by atoms with Crippen molar-refractivity contribution in [3.8, 4) is 0 Å². The van der Waals surface area contributed by atoms with Gasteiger partial charge in [0.05, 0.1) is 4.92 Å². The van der Waals surface area contributed by atoms with Crippen LogP contribution < -0.4 is 16.0 Å². The molecule has 2 amide bonds. The monoisotopic (exact) mass is 615 g/mol. The third kappa shape index (κ3) is 8.89. The highest BCUT2D eigenvalue weighted by Gasteiger charge is 2.36. The molecule has 13 nitrogen and oxygen atoms in total. The van der Waals surface area contributed by atoms with Gasteiger partial charge in [0, 0.05) is 37.7 Å². The lowest BCUT2D eigenvalue weighted by atomic mass is 9.91. The summed E-state index contributed by atoms with van der Waals surface area (Å²) in [6.07, 6.45) is 1.50. The average molecular weight is 616 g/mol. The molecule has 0 bridgehead atoms. The van der Waals surface area contributed by atoms with Gasteiger partial charge in [0.25, 0.3) is 6.20 Å². The van der Waals surface area contributed by atoms with Gasteiger partial charge < -0.3 is 31.1 Å². The SMILES string of the molecule is CC(=O)N1CCc2cc(NC(=C[N+](=O)[O-])Nc3ccccc3)ccc2C1C(=O)NC(Cc1ccc(CCC(=O)O)cc1)C(=O)O. The van der Waals surface area contributed by atoms with Gasteiger partial charge in [-0.25, -0.2) is 4.79 Å². The maximum Gasteiger partial charge on any atom is 0.326 e. The number of para-hydroxylation sites is 1. The maximum absolute atomic E-state index is 13.6. The predicted octanol–water partition coefficient (Wildman–Crippen LogP) is 3.56. The molecular weight excluding hydrogens is 582 g/mol. The first-order valence-electron chi connectivity index (χ1n) is 14.2. The van der Waals surface area contributed by atoms with E-state index in [4.69, 9.17) is 5.11 Å². The molecule has 3 aromatic rings. The number of nitro groups is 1. The molecule has 2 unspecified atom stereocenters. The summed E-state index contributed by atoms with van der Waals surface area (Å²) in [6, 6.07) is 18.4. The number of anilines is 2. The van der Waals surface area contributed by atoms with Crippen LogP contribution >= 0.6 is 0 Å². The van der Waals surface area contributed by atoms with Crippen LogP contribution in [0.2, 0.25) is 0 Å². The highest BCUT2D eigenvalue weighted by molar-refractivity contribution is 5.91. The molecule has 2 atom stereocenters. The van der Waals surface area contributed by atoms with E-state index in [0.29, 0.717) is 35.3 Å². The zero-order valence-corrected chi connectivity index (χ0v) is 24.4. The van der Waals surface area contributed by atoms with Crippen molar-refractivity contribution in [3.63, 3.8) is 0 Å². The van der Waals surface area contributed by atoms with Gasteiger partial charge in [-0.05, 0) is 59.4 Å². The quantitative estimate of drug-likeness (QED) is 0.140. The molecule has 1 heterocycles. The number of rotatable bonds is 13. The number of carboxylic acid groups (broad SMARTS) is 2. The fraction of sp³-hybridized carbons (Fsp3) is 0.250. The average Bonchev–Trinajstić information content (AvgIpc) is 2.99. The zero-order chi connectivity index (χ0) is 32.5. The van der Waals surface area contributed by atoms with Gasteiger partial charge >= 0.3 is 11.9 Å². The van der Waals surface area contributed by atoms with E-state index in [-0.39, 0.29) is 31.1 Å². The zero-order valence-electron chi connectivity index (χ0n) is 24.4. The van der Waals surface area contributed by atoms with Crippen molar-refractivity contribution in [3.05, 3.63) is 117 Å². The van der Waals surface area contributed by atoms with Crippen LogP contribution in [0, 0.1) is 10.1 Å². The second-order valence-electron chi connectivity index (χ2n) is 10.5. The van der Waals surface area contributed by atoms with Gasteiger partial charge in [0.1, 0.15) is 12.1 Å². The Labute approximate surface area is 258 Å². The van der Waals surface area contributed by atoms with Crippen LogP contribution in [0.3, 0.4) is 0 Å². The van der Waals surface area contributed by atoms with E-state index in [1.54, 1.807) is 66.7 Å².